The molecule has 16 heavy (non-hydrogen) atoms. The molecule has 0 saturated carbocycles. The summed E-state index contributed by atoms with van der Waals surface area (Å²) < 4.78 is 0.778. The van der Waals surface area contributed by atoms with Gasteiger partial charge in [0, 0.05) is 17.4 Å². The Morgan fingerprint density at radius 3 is 2.50 bits per heavy atom. The Labute approximate surface area is 102 Å². The molecule has 0 aliphatic heterocycles. The largest absolute Gasteiger partial charge is 0.398 e. The van der Waals surface area contributed by atoms with Crippen molar-refractivity contribution >= 4 is 21.6 Å². The van der Waals surface area contributed by atoms with Gasteiger partial charge in [-0.25, -0.2) is 0 Å². The molecular weight excluding hydrogens is 266 g/mol. The molecule has 3 nitrogen and oxygen atoms in total. The summed E-state index contributed by atoms with van der Waals surface area (Å²) in [7, 11) is 0. The fraction of sp³-hybridized carbons (Fsp3) is 0. The zero-order valence-corrected chi connectivity index (χ0v) is 9.90. The van der Waals surface area contributed by atoms with E-state index < -0.39 is 0 Å². The van der Waals surface area contributed by atoms with E-state index in [2.05, 4.69) is 27.0 Å². The van der Waals surface area contributed by atoms with Gasteiger partial charge in [0.15, 0.2) is 0 Å². The fourth-order valence-electron chi connectivity index (χ4n) is 1.36. The van der Waals surface area contributed by atoms with Gasteiger partial charge in [-0.05, 0) is 34.1 Å². The zero-order valence-electron chi connectivity index (χ0n) is 8.31. The van der Waals surface area contributed by atoms with Crippen LogP contribution >= 0.6 is 15.9 Å². The van der Waals surface area contributed by atoms with Gasteiger partial charge < -0.3 is 5.73 Å². The van der Waals surface area contributed by atoms with Crippen LogP contribution in [0.2, 0.25) is 0 Å². The first-order chi connectivity index (χ1) is 7.72. The summed E-state index contributed by atoms with van der Waals surface area (Å²) in [6.45, 7) is 0. The Balaban J connectivity index is 2.51. The van der Waals surface area contributed by atoms with Crippen molar-refractivity contribution in [3.8, 4) is 17.3 Å². The van der Waals surface area contributed by atoms with Gasteiger partial charge in [0.25, 0.3) is 0 Å². The van der Waals surface area contributed by atoms with Gasteiger partial charge in [-0.2, -0.15) is 5.26 Å². The number of nitrogens with zero attached hydrogens (tertiary/aromatic N) is 2. The van der Waals surface area contributed by atoms with E-state index in [9.17, 15) is 0 Å². The Bertz CT molecular complexity index is 555. The van der Waals surface area contributed by atoms with Crippen LogP contribution in [0.4, 0.5) is 5.69 Å². The van der Waals surface area contributed by atoms with E-state index in [4.69, 9.17) is 11.0 Å². The Kier molecular flexibility index (Phi) is 2.88. The number of halogens is 1. The van der Waals surface area contributed by atoms with Crippen molar-refractivity contribution in [1.82, 2.24) is 4.98 Å². The molecule has 0 fully saturated rings. The van der Waals surface area contributed by atoms with E-state index in [1.807, 2.05) is 12.1 Å². The van der Waals surface area contributed by atoms with Crippen molar-refractivity contribution in [2.45, 2.75) is 0 Å². The summed E-state index contributed by atoms with van der Waals surface area (Å²) in [4.78, 5) is 4.26. The van der Waals surface area contributed by atoms with Crippen LogP contribution in [0.1, 0.15) is 5.56 Å². The molecule has 4 heteroatoms. The number of nitriles is 1. The van der Waals surface area contributed by atoms with Crippen LogP contribution in [0, 0.1) is 11.3 Å². The SMILES string of the molecule is N#Cc1ccc(-c2nccc(N)c2Br)cc1. The van der Waals surface area contributed by atoms with E-state index in [0.29, 0.717) is 11.3 Å². The molecule has 0 aliphatic rings. The van der Waals surface area contributed by atoms with E-state index in [-0.39, 0.29) is 0 Å². The van der Waals surface area contributed by atoms with Crippen LogP contribution in [-0.2, 0) is 0 Å². The maximum Gasteiger partial charge on any atom is 0.0991 e. The number of hydrogen-bond donors (Lipinski definition) is 1. The smallest absolute Gasteiger partial charge is 0.0991 e. The second-order valence-electron chi connectivity index (χ2n) is 3.25. The minimum atomic E-state index is 0.628. The van der Waals surface area contributed by atoms with E-state index >= 15 is 0 Å². The third kappa shape index (κ3) is 1.90. The molecule has 1 heterocycles. The lowest BCUT2D eigenvalue weighted by Gasteiger charge is -2.05. The molecule has 2 aromatic rings. The highest BCUT2D eigenvalue weighted by molar-refractivity contribution is 9.10. The van der Waals surface area contributed by atoms with E-state index in [1.165, 1.54) is 0 Å². The third-order valence-electron chi connectivity index (χ3n) is 2.21. The van der Waals surface area contributed by atoms with Crippen molar-refractivity contribution in [3.63, 3.8) is 0 Å². The number of benzene rings is 1. The normalized spacial score (nSPS) is 9.75. The maximum absolute atomic E-state index is 8.70. The number of anilines is 1. The lowest BCUT2D eigenvalue weighted by molar-refractivity contribution is 1.31. The van der Waals surface area contributed by atoms with Crippen molar-refractivity contribution in [1.29, 1.82) is 5.26 Å². The highest BCUT2D eigenvalue weighted by atomic mass is 79.9. The molecule has 0 unspecified atom stereocenters. The average Bonchev–Trinajstić information content (AvgIpc) is 2.33. The van der Waals surface area contributed by atoms with Gasteiger partial charge in [-0.3, -0.25) is 4.98 Å². The second-order valence-corrected chi connectivity index (χ2v) is 4.04. The molecule has 2 N–H and O–H groups in total. The average molecular weight is 274 g/mol. The molecule has 0 aliphatic carbocycles. The number of pyridine rings is 1. The zero-order chi connectivity index (χ0) is 11.5. The van der Waals surface area contributed by atoms with Crippen molar-refractivity contribution < 1.29 is 0 Å². The maximum atomic E-state index is 8.70. The molecule has 2 rings (SSSR count). The number of nitrogens with two attached hydrogens (primary N) is 1. The third-order valence-corrected chi connectivity index (χ3v) is 3.04. The lowest BCUT2D eigenvalue weighted by atomic mass is 10.1. The monoisotopic (exact) mass is 273 g/mol. The summed E-state index contributed by atoms with van der Waals surface area (Å²) in [5.74, 6) is 0. The molecule has 0 saturated heterocycles. The van der Waals surface area contributed by atoms with Gasteiger partial charge in [0.05, 0.1) is 21.8 Å². The van der Waals surface area contributed by atoms with Gasteiger partial charge in [0.2, 0.25) is 0 Å². The van der Waals surface area contributed by atoms with Crippen LogP contribution in [-0.4, -0.2) is 4.98 Å². The first kappa shape index (κ1) is 10.7. The van der Waals surface area contributed by atoms with Crippen molar-refractivity contribution in [3.05, 3.63) is 46.6 Å². The number of rotatable bonds is 1. The first-order valence-corrected chi connectivity index (χ1v) is 5.42. The summed E-state index contributed by atoms with van der Waals surface area (Å²) in [5, 5.41) is 8.70. The summed E-state index contributed by atoms with van der Waals surface area (Å²) in [6, 6.07) is 11.0. The van der Waals surface area contributed by atoms with Crippen LogP contribution in [0.25, 0.3) is 11.3 Å². The molecule has 0 spiro atoms. The fourth-order valence-corrected chi connectivity index (χ4v) is 1.83. The van der Waals surface area contributed by atoms with Gasteiger partial charge in [0.1, 0.15) is 0 Å². The summed E-state index contributed by atoms with van der Waals surface area (Å²) >= 11 is 3.40. The van der Waals surface area contributed by atoms with Crippen LogP contribution < -0.4 is 5.73 Å². The molecular formula is C12H8BrN3. The van der Waals surface area contributed by atoms with Crippen LogP contribution in [0.15, 0.2) is 41.0 Å². The van der Waals surface area contributed by atoms with Crippen molar-refractivity contribution in [2.75, 3.05) is 5.73 Å². The van der Waals surface area contributed by atoms with Gasteiger partial charge >= 0.3 is 0 Å². The minimum Gasteiger partial charge on any atom is -0.398 e. The van der Waals surface area contributed by atoms with Gasteiger partial charge in [-0.1, -0.05) is 12.1 Å². The molecule has 0 bridgehead atoms. The van der Waals surface area contributed by atoms with Crippen LogP contribution in [0.5, 0.6) is 0 Å². The second kappa shape index (κ2) is 4.33. The molecule has 78 valence electrons. The highest BCUT2D eigenvalue weighted by Gasteiger charge is 2.06. The molecule has 1 aromatic heterocycles. The summed E-state index contributed by atoms with van der Waals surface area (Å²) in [5.41, 5.74) is 8.76. The molecule has 0 atom stereocenters. The van der Waals surface area contributed by atoms with Gasteiger partial charge in [-0.15, -0.1) is 0 Å². The number of hydrogen-bond acceptors (Lipinski definition) is 3. The topological polar surface area (TPSA) is 62.7 Å². The Morgan fingerprint density at radius 2 is 1.88 bits per heavy atom. The van der Waals surface area contributed by atoms with Crippen molar-refractivity contribution in [2.24, 2.45) is 0 Å². The Morgan fingerprint density at radius 1 is 1.19 bits per heavy atom. The lowest BCUT2D eigenvalue weighted by Crippen LogP contribution is -1.91. The minimum absolute atomic E-state index is 0.628. The quantitative estimate of drug-likeness (QED) is 0.869. The van der Waals surface area contributed by atoms with E-state index in [0.717, 1.165) is 15.7 Å². The standard InChI is InChI=1S/C12H8BrN3/c13-11-10(15)5-6-16-12(11)9-3-1-8(7-14)2-4-9/h1-6H,(H2,15,16). The summed E-state index contributed by atoms with van der Waals surface area (Å²) in [6.07, 6.45) is 1.66. The number of nitrogen functional groups attached to an aromatic ring is 1. The van der Waals surface area contributed by atoms with Crippen LogP contribution in [0.3, 0.4) is 0 Å². The molecule has 0 amide bonds. The predicted molar refractivity (Wildman–Crippen MR) is 66.5 cm³/mol. The predicted octanol–water partition coefficient (Wildman–Crippen LogP) is 2.96. The Hall–Kier alpha value is -1.86. The highest BCUT2D eigenvalue weighted by Crippen LogP contribution is 2.30. The first-order valence-electron chi connectivity index (χ1n) is 4.63. The molecule has 0 radical (unpaired) electrons. The molecule has 1 aromatic carbocycles. The number of aromatic nitrogens is 1. The van der Waals surface area contributed by atoms with E-state index in [1.54, 1.807) is 24.4 Å².